The maximum Gasteiger partial charge on any atom is 0.256 e. The molecule has 0 aliphatic carbocycles. The molecular formula is C20H22FN3O3S. The van der Waals surface area contributed by atoms with Gasteiger partial charge >= 0.3 is 0 Å². The molecule has 1 aliphatic rings. The molecule has 1 unspecified atom stereocenters. The van der Waals surface area contributed by atoms with Crippen LogP contribution >= 0.6 is 0 Å². The lowest BCUT2D eigenvalue weighted by Gasteiger charge is -2.39. The molecule has 3 rings (SSSR count). The topological polar surface area (TPSA) is 102 Å². The first-order chi connectivity index (χ1) is 13.0. The van der Waals surface area contributed by atoms with Crippen molar-refractivity contribution in [2.24, 2.45) is 4.99 Å². The number of nitrogens with zero attached hydrogens (tertiary/aromatic N) is 1. The van der Waals surface area contributed by atoms with Crippen molar-refractivity contribution in [2.75, 3.05) is 11.5 Å². The largest absolute Gasteiger partial charge is 0.399 e. The molecule has 3 N–H and O–H groups in total. The van der Waals surface area contributed by atoms with Gasteiger partial charge in [0, 0.05) is 16.8 Å². The predicted octanol–water partition coefficient (Wildman–Crippen LogP) is 2.66. The molecule has 2 aromatic rings. The number of amides is 1. The van der Waals surface area contributed by atoms with Crippen molar-refractivity contribution in [3.05, 3.63) is 65.5 Å². The summed E-state index contributed by atoms with van der Waals surface area (Å²) in [4.78, 5) is 17.1. The lowest BCUT2D eigenvalue weighted by molar-refractivity contribution is 0.0975. The molecule has 0 radical (unpaired) electrons. The van der Waals surface area contributed by atoms with E-state index in [1.165, 1.54) is 39.0 Å². The first kappa shape index (κ1) is 20.0. The van der Waals surface area contributed by atoms with Crippen molar-refractivity contribution in [3.63, 3.8) is 0 Å². The lowest BCUT2D eigenvalue weighted by Crippen LogP contribution is -2.57. The van der Waals surface area contributed by atoms with Crippen LogP contribution in [0.3, 0.4) is 0 Å². The zero-order valence-electron chi connectivity index (χ0n) is 15.9. The number of aliphatic imine (C=N–C) groups is 1. The van der Waals surface area contributed by atoms with Crippen LogP contribution in [0.5, 0.6) is 0 Å². The summed E-state index contributed by atoms with van der Waals surface area (Å²) in [7, 11) is -3.78. The highest BCUT2D eigenvalue weighted by Crippen LogP contribution is 2.38. The van der Waals surface area contributed by atoms with Crippen molar-refractivity contribution in [2.45, 2.75) is 31.1 Å². The number of nitrogens with two attached hydrogens (primary N) is 1. The van der Waals surface area contributed by atoms with E-state index in [0.717, 1.165) is 0 Å². The summed E-state index contributed by atoms with van der Waals surface area (Å²) >= 11 is 0. The Bertz CT molecular complexity index is 1070. The number of carbonyl (C=O) groups is 1. The highest BCUT2D eigenvalue weighted by atomic mass is 32.2. The fourth-order valence-electron chi connectivity index (χ4n) is 3.15. The number of hydrogen-bond donors (Lipinski definition) is 2. The molecule has 1 heterocycles. The Morgan fingerprint density at radius 3 is 2.43 bits per heavy atom. The normalized spacial score (nSPS) is 22.9. The van der Waals surface area contributed by atoms with Crippen LogP contribution in [-0.2, 0) is 15.4 Å². The third-order valence-electron chi connectivity index (χ3n) is 5.02. The summed E-state index contributed by atoms with van der Waals surface area (Å²) in [5.41, 5.74) is 5.07. The molecule has 0 bridgehead atoms. The predicted molar refractivity (Wildman–Crippen MR) is 107 cm³/mol. The number of hydrogen-bond acceptors (Lipinski definition) is 5. The average Bonchev–Trinajstić information content (AvgIpc) is 2.62. The number of sulfone groups is 1. The van der Waals surface area contributed by atoms with Crippen molar-refractivity contribution in [3.8, 4) is 0 Å². The van der Waals surface area contributed by atoms with Gasteiger partial charge in [-0.3, -0.25) is 9.79 Å². The minimum atomic E-state index is -3.78. The number of amidine groups is 1. The summed E-state index contributed by atoms with van der Waals surface area (Å²) in [6.45, 7) is 4.47. The second kappa shape index (κ2) is 6.70. The van der Waals surface area contributed by atoms with Gasteiger partial charge in [0.1, 0.15) is 21.9 Å². The van der Waals surface area contributed by atoms with E-state index in [1.807, 2.05) is 0 Å². The maximum absolute atomic E-state index is 14.5. The Kier molecular flexibility index (Phi) is 4.79. The molecule has 1 amide bonds. The highest BCUT2D eigenvalue weighted by molar-refractivity contribution is 7.93. The zero-order valence-corrected chi connectivity index (χ0v) is 16.7. The first-order valence-electron chi connectivity index (χ1n) is 8.71. The summed E-state index contributed by atoms with van der Waals surface area (Å²) in [6, 6.07) is 12.3. The van der Waals surface area contributed by atoms with E-state index in [-0.39, 0.29) is 11.4 Å². The van der Waals surface area contributed by atoms with Crippen molar-refractivity contribution in [1.29, 1.82) is 0 Å². The Balaban J connectivity index is 2.12. The molecule has 2 aromatic carbocycles. The van der Waals surface area contributed by atoms with Crippen LogP contribution in [0.15, 0.2) is 53.5 Å². The van der Waals surface area contributed by atoms with Crippen LogP contribution in [-0.4, -0.2) is 30.7 Å². The van der Waals surface area contributed by atoms with Gasteiger partial charge in [-0.15, -0.1) is 0 Å². The van der Waals surface area contributed by atoms with Gasteiger partial charge < -0.3 is 11.1 Å². The first-order valence-corrected chi connectivity index (χ1v) is 10.4. The minimum Gasteiger partial charge on any atom is -0.399 e. The molecule has 0 saturated heterocycles. The smallest absolute Gasteiger partial charge is 0.256 e. The Morgan fingerprint density at radius 1 is 1.14 bits per heavy atom. The number of benzene rings is 2. The van der Waals surface area contributed by atoms with E-state index < -0.39 is 37.6 Å². The van der Waals surface area contributed by atoms with E-state index in [1.54, 1.807) is 30.3 Å². The van der Waals surface area contributed by atoms with Crippen LogP contribution < -0.4 is 11.1 Å². The molecule has 0 saturated carbocycles. The van der Waals surface area contributed by atoms with Gasteiger partial charge in [0.2, 0.25) is 0 Å². The monoisotopic (exact) mass is 403 g/mol. The van der Waals surface area contributed by atoms with E-state index in [4.69, 9.17) is 5.73 Å². The van der Waals surface area contributed by atoms with Gasteiger partial charge in [0.05, 0.1) is 5.75 Å². The third-order valence-corrected chi connectivity index (χ3v) is 7.71. The highest BCUT2D eigenvalue weighted by Gasteiger charge is 2.50. The number of carbonyl (C=O) groups excluding carboxylic acids is 1. The standard InChI is InChI=1S/C20H22FN3O3S/c1-19(2)18(23-17(25)13-7-5-4-6-8-13)24-20(3,12-28(19,26)27)15-11-14(22)9-10-16(15)21/h4-11H,12,22H2,1-3H3,(H,23,24,25). The van der Waals surface area contributed by atoms with Gasteiger partial charge in [-0.25, -0.2) is 12.8 Å². The van der Waals surface area contributed by atoms with E-state index in [0.29, 0.717) is 11.3 Å². The number of nitrogens with one attached hydrogen (secondary N) is 1. The van der Waals surface area contributed by atoms with Gasteiger partial charge in [0.25, 0.3) is 5.91 Å². The molecule has 8 heteroatoms. The molecule has 28 heavy (non-hydrogen) atoms. The molecule has 0 fully saturated rings. The van der Waals surface area contributed by atoms with E-state index in [9.17, 15) is 17.6 Å². The van der Waals surface area contributed by atoms with Gasteiger partial charge in [0.15, 0.2) is 9.84 Å². The Labute approximate surface area is 163 Å². The number of halogens is 1. The number of rotatable bonds is 2. The minimum absolute atomic E-state index is 0.0306. The number of anilines is 1. The fourth-order valence-corrected chi connectivity index (χ4v) is 4.86. The molecule has 6 nitrogen and oxygen atoms in total. The maximum atomic E-state index is 14.5. The van der Waals surface area contributed by atoms with Gasteiger partial charge in [-0.2, -0.15) is 0 Å². The quantitative estimate of drug-likeness (QED) is 0.753. The SMILES string of the molecule is CC1(c2cc(N)ccc2F)CS(=O)(=O)C(C)(C)C(NC(=O)c2ccccc2)=N1. The molecule has 1 atom stereocenters. The van der Waals surface area contributed by atoms with Crippen LogP contribution in [0.4, 0.5) is 10.1 Å². The summed E-state index contributed by atoms with van der Waals surface area (Å²) in [6.07, 6.45) is 0. The van der Waals surface area contributed by atoms with Crippen LogP contribution in [0.1, 0.15) is 36.7 Å². The number of nitrogen functional groups attached to an aromatic ring is 1. The molecule has 0 spiro atoms. The Morgan fingerprint density at radius 2 is 1.79 bits per heavy atom. The lowest BCUT2D eigenvalue weighted by atomic mass is 9.92. The van der Waals surface area contributed by atoms with Crippen molar-refractivity contribution in [1.82, 2.24) is 5.32 Å². The molecule has 148 valence electrons. The van der Waals surface area contributed by atoms with Crippen molar-refractivity contribution < 1.29 is 17.6 Å². The second-order valence-corrected chi connectivity index (χ2v) is 10.1. The van der Waals surface area contributed by atoms with Crippen molar-refractivity contribution >= 4 is 27.3 Å². The zero-order chi connectivity index (χ0) is 20.7. The van der Waals surface area contributed by atoms with Gasteiger partial charge in [-0.1, -0.05) is 18.2 Å². The summed E-state index contributed by atoms with van der Waals surface area (Å²) in [5, 5.41) is 2.62. The van der Waals surface area contributed by atoms with Crippen LogP contribution in [0.25, 0.3) is 0 Å². The van der Waals surface area contributed by atoms with E-state index >= 15 is 0 Å². The molecule has 0 aromatic heterocycles. The average molecular weight is 403 g/mol. The van der Waals surface area contributed by atoms with Crippen LogP contribution in [0, 0.1) is 5.82 Å². The Hall–Kier alpha value is -2.74. The van der Waals surface area contributed by atoms with Gasteiger partial charge in [-0.05, 0) is 51.1 Å². The molecule has 1 aliphatic heterocycles. The second-order valence-electron chi connectivity index (χ2n) is 7.56. The van der Waals surface area contributed by atoms with E-state index in [2.05, 4.69) is 10.3 Å². The third kappa shape index (κ3) is 3.40. The van der Waals surface area contributed by atoms with Crippen LogP contribution in [0.2, 0.25) is 0 Å². The summed E-state index contributed by atoms with van der Waals surface area (Å²) in [5.74, 6) is -1.53. The fraction of sp³-hybridized carbons (Fsp3) is 0.300. The molecular weight excluding hydrogens is 381 g/mol. The summed E-state index contributed by atoms with van der Waals surface area (Å²) < 4.78 is 39.1.